The fraction of sp³-hybridized carbons (Fsp3) is 0.174. The van der Waals surface area contributed by atoms with Crippen LogP contribution in [0.15, 0.2) is 48.8 Å². The topological polar surface area (TPSA) is 112 Å². The quantitative estimate of drug-likeness (QED) is 0.0889. The third-order valence-corrected chi connectivity index (χ3v) is 5.17. The maximum atomic E-state index is 13.9. The van der Waals surface area contributed by atoms with Crippen LogP contribution in [0, 0.1) is 22.9 Å². The number of anilines is 2. The summed E-state index contributed by atoms with van der Waals surface area (Å²) < 4.78 is 21.0. The van der Waals surface area contributed by atoms with Crippen LogP contribution in [0.2, 0.25) is 0 Å². The molecule has 0 radical (unpaired) electrons. The number of nitrogens with zero attached hydrogens (tertiary/aromatic N) is 4. The van der Waals surface area contributed by atoms with Gasteiger partial charge in [-0.1, -0.05) is 18.2 Å². The first-order valence-electron chi connectivity index (χ1n) is 20.1. The number of para-hydroxylation sites is 1. The summed E-state index contributed by atoms with van der Waals surface area (Å²) >= 11 is 25.0. The molecule has 2 heterocycles. The standard InChI is InChI=1S/C23H20FN5O4.21K.H/c1-4-33-22(30)15-11-25-23(26-18-10-20(29(31)32)17(24)9-13(18)2)27-21(15)16-12-28(3)19-8-6-5-7-14(16)19;;;;;;;;;;;;;;;;;;;;;;/h5-12H,4H2,1-3H3,(H,25,26,27);;;;;;;;;;;;;;;;;;;;;;/q;;;;;;;;;;;;;;;;;;;;;+1;-1. The molecule has 1 N–H and O–H groups in total. The number of ether oxygens (including phenoxy) is 1. The number of nitro groups is 1. The van der Waals surface area contributed by atoms with Crippen LogP contribution in [-0.2, 0) is 11.8 Å². The van der Waals surface area contributed by atoms with E-state index in [1.807, 2.05) is 42.1 Å². The van der Waals surface area contributed by atoms with Gasteiger partial charge in [-0.15, -0.1) is 0 Å². The van der Waals surface area contributed by atoms with Gasteiger partial charge in [-0.2, -0.15) is 4.39 Å². The summed E-state index contributed by atoms with van der Waals surface area (Å²) in [6.45, 7) is 3.50. The van der Waals surface area contributed by atoms with Gasteiger partial charge in [-0.05, 0) is 31.5 Å². The summed E-state index contributed by atoms with van der Waals surface area (Å²) in [7, 11) is 1.89. The number of esters is 1. The molecule has 0 aliphatic heterocycles. The predicted octanol–water partition coefficient (Wildman–Crippen LogP) is -5.59. The number of fused-ring (bicyclic) bond motifs is 1. The van der Waals surface area contributed by atoms with Crippen LogP contribution in [0.5, 0.6) is 0 Å². The molecule has 0 atom stereocenters. The molecule has 9 nitrogen and oxygen atoms in total. The molecular formula is C23H21FK21N5O4. The molecule has 0 bridgehead atoms. The van der Waals surface area contributed by atoms with Gasteiger partial charge in [0.05, 0.1) is 22.9 Å². The Kier molecular flexibility index (Phi) is 154. The first-order chi connectivity index (χ1) is 25.8. The average molecular weight is 1270 g/mol. The van der Waals surface area contributed by atoms with Crippen molar-refractivity contribution in [2.24, 2.45) is 7.05 Å². The van der Waals surface area contributed by atoms with Crippen LogP contribution in [0.25, 0.3) is 22.2 Å². The Morgan fingerprint density at radius 2 is 1.33 bits per heavy atom. The molecule has 0 spiro atoms. The molecule has 190 valence electrons. The van der Waals surface area contributed by atoms with Crippen molar-refractivity contribution in [3.05, 3.63) is 75.9 Å². The first kappa shape index (κ1) is 100. The van der Waals surface area contributed by atoms with Crippen LogP contribution in [0.3, 0.4) is 0 Å². The van der Waals surface area contributed by atoms with Crippen LogP contribution < -0.4 is 56.7 Å². The summed E-state index contributed by atoms with van der Waals surface area (Å²) in [6.07, 6.45) is 3.20. The van der Waals surface area contributed by atoms with Gasteiger partial charge in [0, 0.05) is 42.0 Å². The molecule has 0 fully saturated rings. The zero-order valence-corrected chi connectivity index (χ0v) is 105. The third-order valence-electron chi connectivity index (χ3n) is 5.17. The van der Waals surface area contributed by atoms with Crippen LogP contribution in [0.1, 0.15) is 24.3 Å². The molecule has 2 aromatic carbocycles. The van der Waals surface area contributed by atoms with Gasteiger partial charge < -0.3 is 16.0 Å². The van der Waals surface area contributed by atoms with Crippen LogP contribution >= 0.6 is 0 Å². The number of nitrogens with one attached hydrogen (secondary N) is 1. The summed E-state index contributed by atoms with van der Waals surface area (Å²) in [5.41, 5.74) is 2.21. The van der Waals surface area contributed by atoms with Gasteiger partial charge in [-0.3, -0.25) is 10.1 Å². The number of aromatic nitrogens is 3. The van der Waals surface area contributed by atoms with Crippen molar-refractivity contribution in [2.75, 3.05) is 11.9 Å². The van der Waals surface area contributed by atoms with E-state index in [-0.39, 0.29) is 76.6 Å². The van der Waals surface area contributed by atoms with Gasteiger partial charge in [0.15, 0.2) is 0 Å². The van der Waals surface area contributed by atoms with Gasteiger partial charge in [0.1, 0.15) is 5.56 Å². The van der Waals surface area contributed by atoms with E-state index in [1.54, 1.807) is 13.8 Å². The second-order valence-electron chi connectivity index (χ2n) is 7.35. The Morgan fingerprint density at radius 3 is 1.78 bits per heavy atom. The molecule has 0 aliphatic rings. The number of nitro benzene ring substituents is 1. The Morgan fingerprint density at radius 1 is 0.870 bits per heavy atom. The third kappa shape index (κ3) is 52.8. The molecule has 54 heavy (non-hydrogen) atoms. The molecule has 0 saturated heterocycles. The molecule has 0 saturated carbocycles. The Balaban J connectivity index is -0.000000120. The summed E-state index contributed by atoms with van der Waals surface area (Å²) in [5, 5.41) is 14.9. The number of halogens is 1. The SMILES string of the molecule is CCOC(=O)c1cnc(Nc2cc([N+](=O)[O-])c(F)cc2C)nc1-c1cn(C)c2ccccc12.[H-].[K+].[K][K].[K][K].[K][K].[K][K].[K][K].[K][K].[K][K].[K][K].[K][K].[K][K]. The van der Waals surface area contributed by atoms with Crippen molar-refractivity contribution < 1.29 is 71.7 Å². The van der Waals surface area contributed by atoms with Crippen LogP contribution in [0.4, 0.5) is 21.7 Å². The molecule has 0 amide bonds. The van der Waals surface area contributed by atoms with Crippen molar-refractivity contribution in [1.29, 1.82) is 0 Å². The molecule has 2 aromatic heterocycles. The second kappa shape index (κ2) is 83.0. The summed E-state index contributed by atoms with van der Waals surface area (Å²) in [5.74, 6) is -1.41. The van der Waals surface area contributed by atoms with E-state index in [2.05, 4.69) is 15.3 Å². The fourth-order valence-electron chi connectivity index (χ4n) is 3.59. The Labute approximate surface area is 820 Å². The Bertz CT molecular complexity index is 1460. The zero-order chi connectivity index (χ0) is 43.7. The number of benzene rings is 2. The number of rotatable bonds is 6. The van der Waals surface area contributed by atoms with Gasteiger partial charge in [0.2, 0.25) is 11.8 Å². The van der Waals surface area contributed by atoms with Crippen molar-refractivity contribution >= 4 is 666 Å². The number of hydrogen-bond acceptors (Lipinski definition) is 7. The monoisotopic (exact) mass is 1270 g/mol. The number of hydrogen-bond donors (Lipinski definition) is 1. The number of aryl methyl sites for hydroxylation is 2. The average Bonchev–Trinajstić information content (AvgIpc) is 3.59. The minimum absolute atomic E-state index is 0. The summed E-state index contributed by atoms with van der Waals surface area (Å²) in [6, 6.07) is 9.82. The van der Waals surface area contributed by atoms with E-state index < -0.39 is 22.4 Å². The predicted molar refractivity (Wildman–Crippen MR) is 237 cm³/mol. The number of carbonyl (C=O) groups excluding carboxylic acids is 1. The molecule has 0 unspecified atom stereocenters. The van der Waals surface area contributed by atoms with Crippen molar-refractivity contribution in [3.8, 4) is 11.3 Å². The molecular weight excluding hydrogens is 1250 g/mol. The van der Waals surface area contributed by atoms with Gasteiger partial charge >= 0.3 is 695 Å². The summed E-state index contributed by atoms with van der Waals surface area (Å²) in [4.78, 5) is 31.7. The van der Waals surface area contributed by atoms with E-state index in [9.17, 15) is 19.3 Å². The first-order valence-corrected chi connectivity index (χ1v) is 180. The van der Waals surface area contributed by atoms with Crippen molar-refractivity contribution in [2.45, 2.75) is 13.8 Å². The van der Waals surface area contributed by atoms with Gasteiger partial charge in [-0.25, -0.2) is 14.8 Å². The fourth-order valence-corrected chi connectivity index (χ4v) is 3.59. The maximum absolute atomic E-state index is 13.9. The number of carbonyl (C=O) groups is 1. The molecule has 31 heteroatoms. The molecule has 4 rings (SSSR count). The van der Waals surface area contributed by atoms with Gasteiger partial charge in [0.25, 0.3) is 0 Å². The van der Waals surface area contributed by atoms with E-state index in [4.69, 9.17) is 4.74 Å². The van der Waals surface area contributed by atoms with Crippen molar-refractivity contribution in [1.82, 2.24) is 14.5 Å². The normalized spacial score (nSPS) is 8.15. The van der Waals surface area contributed by atoms with Crippen LogP contribution in [-0.4, -0.2) is 664 Å². The van der Waals surface area contributed by atoms with E-state index in [0.717, 1.165) is 23.0 Å². The second-order valence-corrected chi connectivity index (χ2v) is 7.35. The molecule has 4 aromatic rings. The Hall–Kier alpha value is 30.0. The van der Waals surface area contributed by atoms with E-state index in [0.29, 0.717) is 16.8 Å². The van der Waals surface area contributed by atoms with Crippen molar-refractivity contribution in [3.63, 3.8) is 0 Å². The van der Waals surface area contributed by atoms with E-state index >= 15 is 0 Å². The van der Waals surface area contributed by atoms with E-state index in [1.165, 1.54) is 638 Å². The minimum atomic E-state index is -0.932. The zero-order valence-electron chi connectivity index (χ0n) is 40.1. The molecule has 0 aliphatic carbocycles.